The lowest BCUT2D eigenvalue weighted by atomic mass is 9.94. The van der Waals surface area contributed by atoms with E-state index in [1.165, 1.54) is 0 Å². The second-order valence-corrected chi connectivity index (χ2v) is 4.57. The highest BCUT2D eigenvalue weighted by Gasteiger charge is 2.34. The summed E-state index contributed by atoms with van der Waals surface area (Å²) in [7, 11) is 2.03. The smallest absolute Gasteiger partial charge is 0.109 e. The highest BCUT2D eigenvalue weighted by molar-refractivity contribution is 4.98. The van der Waals surface area contributed by atoms with Gasteiger partial charge in [0.1, 0.15) is 5.82 Å². The van der Waals surface area contributed by atoms with E-state index in [0.29, 0.717) is 0 Å². The molecule has 1 aromatic heterocycles. The molecular formula is C10H18N4. The second-order valence-electron chi connectivity index (χ2n) is 4.57. The van der Waals surface area contributed by atoms with Crippen molar-refractivity contribution in [2.75, 3.05) is 19.6 Å². The van der Waals surface area contributed by atoms with Crippen LogP contribution in [0.25, 0.3) is 0 Å². The summed E-state index contributed by atoms with van der Waals surface area (Å²) < 4.78 is 2.07. The third kappa shape index (κ3) is 1.96. The van der Waals surface area contributed by atoms with Crippen LogP contribution >= 0.6 is 0 Å². The molecule has 4 nitrogen and oxygen atoms in total. The summed E-state index contributed by atoms with van der Waals surface area (Å²) in [5.74, 6) is 1.15. The Morgan fingerprint density at radius 2 is 2.29 bits per heavy atom. The van der Waals surface area contributed by atoms with Gasteiger partial charge in [0.2, 0.25) is 0 Å². The molecular weight excluding hydrogens is 176 g/mol. The first-order valence-electron chi connectivity index (χ1n) is 5.04. The lowest BCUT2D eigenvalue weighted by Gasteiger charge is -2.45. The summed E-state index contributed by atoms with van der Waals surface area (Å²) in [6.45, 7) is 5.19. The van der Waals surface area contributed by atoms with E-state index < -0.39 is 0 Å². The van der Waals surface area contributed by atoms with E-state index in [-0.39, 0.29) is 5.54 Å². The topological polar surface area (TPSA) is 47.1 Å². The summed E-state index contributed by atoms with van der Waals surface area (Å²) in [5, 5.41) is 0. The van der Waals surface area contributed by atoms with Crippen LogP contribution in [0.2, 0.25) is 0 Å². The molecule has 1 saturated heterocycles. The highest BCUT2D eigenvalue weighted by Crippen LogP contribution is 2.16. The van der Waals surface area contributed by atoms with Crippen LogP contribution in [-0.4, -0.2) is 39.6 Å². The van der Waals surface area contributed by atoms with Crippen molar-refractivity contribution < 1.29 is 0 Å². The van der Waals surface area contributed by atoms with E-state index in [4.69, 9.17) is 5.73 Å². The van der Waals surface area contributed by atoms with Gasteiger partial charge in [-0.3, -0.25) is 4.90 Å². The van der Waals surface area contributed by atoms with E-state index in [1.54, 1.807) is 0 Å². The minimum atomic E-state index is 0.0433. The Kier molecular flexibility index (Phi) is 2.33. The van der Waals surface area contributed by atoms with E-state index in [0.717, 1.165) is 31.9 Å². The van der Waals surface area contributed by atoms with Gasteiger partial charge in [0.25, 0.3) is 0 Å². The third-order valence-electron chi connectivity index (χ3n) is 2.74. The maximum Gasteiger partial charge on any atom is 0.109 e. The van der Waals surface area contributed by atoms with Crippen molar-refractivity contribution in [3.63, 3.8) is 0 Å². The van der Waals surface area contributed by atoms with Crippen molar-refractivity contribution in [3.05, 3.63) is 18.2 Å². The molecule has 0 aromatic carbocycles. The summed E-state index contributed by atoms with van der Waals surface area (Å²) in [6.07, 6.45) is 4.84. The van der Waals surface area contributed by atoms with Crippen molar-refractivity contribution in [3.8, 4) is 0 Å². The first kappa shape index (κ1) is 9.68. The molecule has 0 spiro atoms. The Labute approximate surface area is 84.7 Å². The molecule has 1 aliphatic heterocycles. The molecule has 0 atom stereocenters. The zero-order valence-corrected chi connectivity index (χ0v) is 8.90. The number of hydrogen-bond acceptors (Lipinski definition) is 3. The van der Waals surface area contributed by atoms with Crippen molar-refractivity contribution in [1.29, 1.82) is 0 Å². The van der Waals surface area contributed by atoms with Gasteiger partial charge >= 0.3 is 0 Å². The van der Waals surface area contributed by atoms with Crippen molar-refractivity contribution in [1.82, 2.24) is 14.5 Å². The minimum absolute atomic E-state index is 0.0433. The van der Waals surface area contributed by atoms with Crippen LogP contribution in [0.4, 0.5) is 0 Å². The van der Waals surface area contributed by atoms with E-state index in [9.17, 15) is 0 Å². The Bertz CT molecular complexity index is 308. The molecule has 0 unspecified atom stereocenters. The normalized spacial score (nSPS) is 20.8. The molecule has 4 heteroatoms. The van der Waals surface area contributed by atoms with Crippen LogP contribution in [0.1, 0.15) is 12.7 Å². The van der Waals surface area contributed by atoms with Gasteiger partial charge in [-0.25, -0.2) is 4.98 Å². The summed E-state index contributed by atoms with van der Waals surface area (Å²) in [4.78, 5) is 6.66. The number of hydrogen-bond donors (Lipinski definition) is 1. The summed E-state index contributed by atoms with van der Waals surface area (Å²) in [5.41, 5.74) is 5.97. The Balaban J connectivity index is 1.77. The lowest BCUT2D eigenvalue weighted by molar-refractivity contribution is 0.0848. The van der Waals surface area contributed by atoms with Crippen LogP contribution in [0.3, 0.4) is 0 Å². The number of nitrogens with two attached hydrogens (primary N) is 1. The summed E-state index contributed by atoms with van der Waals surface area (Å²) in [6, 6.07) is 0. The zero-order chi connectivity index (χ0) is 10.2. The quantitative estimate of drug-likeness (QED) is 0.736. The Hall–Kier alpha value is -0.870. The second kappa shape index (κ2) is 3.37. The minimum Gasteiger partial charge on any atom is -0.338 e. The molecule has 0 bridgehead atoms. The van der Waals surface area contributed by atoms with Gasteiger partial charge < -0.3 is 10.3 Å². The molecule has 0 saturated carbocycles. The molecule has 14 heavy (non-hydrogen) atoms. The van der Waals surface area contributed by atoms with Gasteiger partial charge in [-0.15, -0.1) is 0 Å². The molecule has 0 amide bonds. The number of likely N-dealkylation sites (tertiary alicyclic amines) is 1. The highest BCUT2D eigenvalue weighted by atomic mass is 15.2. The molecule has 0 aliphatic carbocycles. The van der Waals surface area contributed by atoms with Gasteiger partial charge in [0, 0.05) is 51.0 Å². The predicted molar refractivity (Wildman–Crippen MR) is 55.9 cm³/mol. The Morgan fingerprint density at radius 3 is 2.79 bits per heavy atom. The van der Waals surface area contributed by atoms with Crippen molar-refractivity contribution in [2.24, 2.45) is 12.8 Å². The largest absolute Gasteiger partial charge is 0.338 e. The van der Waals surface area contributed by atoms with Crippen LogP contribution < -0.4 is 5.73 Å². The fraction of sp³-hybridized carbons (Fsp3) is 0.700. The fourth-order valence-electron chi connectivity index (χ4n) is 2.03. The van der Waals surface area contributed by atoms with Gasteiger partial charge in [-0.05, 0) is 6.92 Å². The van der Waals surface area contributed by atoms with Gasteiger partial charge in [-0.1, -0.05) is 0 Å². The lowest BCUT2D eigenvalue weighted by Crippen LogP contribution is -2.65. The standard InChI is InChI=1S/C10H18N4/c1-10(11)7-14(8-10)5-3-9-12-4-6-13(9)2/h4,6H,3,5,7-8,11H2,1-2H3. The molecule has 2 heterocycles. The summed E-state index contributed by atoms with van der Waals surface area (Å²) >= 11 is 0. The average Bonchev–Trinajstić information content (AvgIpc) is 2.44. The predicted octanol–water partition coefficient (Wildman–Crippen LogP) is -0.00440. The third-order valence-corrected chi connectivity index (χ3v) is 2.74. The van der Waals surface area contributed by atoms with Gasteiger partial charge in [-0.2, -0.15) is 0 Å². The first-order chi connectivity index (χ1) is 6.57. The number of imidazole rings is 1. The first-order valence-corrected chi connectivity index (χ1v) is 5.04. The fourth-order valence-corrected chi connectivity index (χ4v) is 2.03. The van der Waals surface area contributed by atoms with E-state index in [1.807, 2.05) is 19.4 Å². The van der Waals surface area contributed by atoms with Crippen molar-refractivity contribution >= 4 is 0 Å². The van der Waals surface area contributed by atoms with Crippen LogP contribution in [-0.2, 0) is 13.5 Å². The number of aryl methyl sites for hydroxylation is 1. The molecule has 2 N–H and O–H groups in total. The molecule has 1 fully saturated rings. The molecule has 2 rings (SSSR count). The maximum absolute atomic E-state index is 5.93. The van der Waals surface area contributed by atoms with Gasteiger partial charge in [0.05, 0.1) is 0 Å². The van der Waals surface area contributed by atoms with E-state index in [2.05, 4.69) is 21.4 Å². The molecule has 1 aliphatic rings. The van der Waals surface area contributed by atoms with Gasteiger partial charge in [0.15, 0.2) is 0 Å². The molecule has 1 aromatic rings. The Morgan fingerprint density at radius 1 is 1.57 bits per heavy atom. The molecule has 78 valence electrons. The molecule has 0 radical (unpaired) electrons. The SMILES string of the molecule is Cn1ccnc1CCN1CC(C)(N)C1. The zero-order valence-electron chi connectivity index (χ0n) is 8.90. The van der Waals surface area contributed by atoms with Crippen LogP contribution in [0.15, 0.2) is 12.4 Å². The van der Waals surface area contributed by atoms with E-state index >= 15 is 0 Å². The monoisotopic (exact) mass is 194 g/mol. The van der Waals surface area contributed by atoms with Crippen LogP contribution in [0, 0.1) is 0 Å². The average molecular weight is 194 g/mol. The van der Waals surface area contributed by atoms with Crippen molar-refractivity contribution in [2.45, 2.75) is 18.9 Å². The maximum atomic E-state index is 5.93. The number of aromatic nitrogens is 2. The number of nitrogens with zero attached hydrogens (tertiary/aromatic N) is 3. The van der Waals surface area contributed by atoms with Crippen LogP contribution in [0.5, 0.6) is 0 Å². The number of rotatable bonds is 3.